The molecule has 0 saturated carbocycles. The molecule has 3 aromatic rings. The van der Waals surface area contributed by atoms with Crippen molar-refractivity contribution in [2.75, 3.05) is 31.3 Å². The number of nitrogens with one attached hydrogen (secondary N) is 2. The summed E-state index contributed by atoms with van der Waals surface area (Å²) in [4.78, 5) is 27.1. The van der Waals surface area contributed by atoms with Crippen molar-refractivity contribution in [2.45, 2.75) is 19.3 Å². The predicted molar refractivity (Wildman–Crippen MR) is 115 cm³/mol. The first-order valence-electron chi connectivity index (χ1n) is 9.50. The number of hydrogen-bond donors (Lipinski definition) is 2. The van der Waals surface area contributed by atoms with Crippen LogP contribution in [-0.4, -0.2) is 46.4 Å². The number of hydrogen-bond acceptors (Lipinski definition) is 6. The zero-order chi connectivity index (χ0) is 20.6. The number of nitrogens with zero attached hydrogens (tertiary/aromatic N) is 4. The molecular weight excluding hydrogens is 364 g/mol. The SMILES string of the molecule is CN(C)C(=O)c1ccc(Nc2nccc(-c3cnc4c(c3)C(C)(C)CN4)n2)cc1. The Labute approximate surface area is 170 Å². The van der Waals surface area contributed by atoms with E-state index in [1.165, 1.54) is 5.56 Å². The fraction of sp³-hybridized carbons (Fsp3) is 0.273. The molecule has 0 atom stereocenters. The van der Waals surface area contributed by atoms with Gasteiger partial charge in [0.2, 0.25) is 5.95 Å². The van der Waals surface area contributed by atoms with E-state index in [1.54, 1.807) is 37.3 Å². The van der Waals surface area contributed by atoms with Gasteiger partial charge in [-0.15, -0.1) is 0 Å². The van der Waals surface area contributed by atoms with Gasteiger partial charge in [0.25, 0.3) is 5.91 Å². The molecular formula is C22H24N6O. The summed E-state index contributed by atoms with van der Waals surface area (Å²) >= 11 is 0. The minimum Gasteiger partial charge on any atom is -0.369 e. The van der Waals surface area contributed by atoms with Gasteiger partial charge in [-0.25, -0.2) is 15.0 Å². The van der Waals surface area contributed by atoms with Crippen LogP contribution in [0.25, 0.3) is 11.3 Å². The van der Waals surface area contributed by atoms with E-state index in [2.05, 4.69) is 45.5 Å². The molecule has 0 unspecified atom stereocenters. The Balaban J connectivity index is 1.56. The second kappa shape index (κ2) is 7.16. The van der Waals surface area contributed by atoms with Crippen molar-refractivity contribution >= 4 is 23.4 Å². The van der Waals surface area contributed by atoms with Gasteiger partial charge in [0, 0.05) is 60.8 Å². The zero-order valence-electron chi connectivity index (χ0n) is 17.0. The zero-order valence-corrected chi connectivity index (χ0v) is 17.0. The number of pyridine rings is 1. The van der Waals surface area contributed by atoms with Crippen molar-refractivity contribution in [3.05, 3.63) is 59.9 Å². The first-order chi connectivity index (χ1) is 13.8. The first-order valence-corrected chi connectivity index (χ1v) is 9.50. The number of rotatable bonds is 4. The van der Waals surface area contributed by atoms with E-state index in [9.17, 15) is 4.79 Å². The topological polar surface area (TPSA) is 83.0 Å². The van der Waals surface area contributed by atoms with Crippen molar-refractivity contribution in [2.24, 2.45) is 0 Å². The van der Waals surface area contributed by atoms with E-state index < -0.39 is 0 Å². The van der Waals surface area contributed by atoms with Gasteiger partial charge in [-0.05, 0) is 36.4 Å². The number of aromatic nitrogens is 3. The molecule has 0 fully saturated rings. The predicted octanol–water partition coefficient (Wildman–Crippen LogP) is 3.69. The summed E-state index contributed by atoms with van der Waals surface area (Å²) in [6.45, 7) is 5.28. The summed E-state index contributed by atoms with van der Waals surface area (Å²) in [6.07, 6.45) is 3.56. The van der Waals surface area contributed by atoms with Crippen molar-refractivity contribution < 1.29 is 4.79 Å². The lowest BCUT2D eigenvalue weighted by Gasteiger charge is -2.17. The van der Waals surface area contributed by atoms with Crippen molar-refractivity contribution in [1.82, 2.24) is 19.9 Å². The summed E-state index contributed by atoms with van der Waals surface area (Å²) in [5, 5.41) is 6.55. The molecule has 4 rings (SSSR count). The molecule has 7 nitrogen and oxygen atoms in total. The van der Waals surface area contributed by atoms with E-state index in [1.807, 2.05) is 24.4 Å². The van der Waals surface area contributed by atoms with Crippen LogP contribution in [-0.2, 0) is 5.41 Å². The maximum Gasteiger partial charge on any atom is 0.253 e. The van der Waals surface area contributed by atoms with Crippen LogP contribution in [0, 0.1) is 0 Å². The highest BCUT2D eigenvalue weighted by molar-refractivity contribution is 5.94. The number of carbonyl (C=O) groups excluding carboxylic acids is 1. The van der Waals surface area contributed by atoms with Crippen LogP contribution in [0.2, 0.25) is 0 Å². The van der Waals surface area contributed by atoms with Gasteiger partial charge in [0.15, 0.2) is 0 Å². The third kappa shape index (κ3) is 3.76. The number of amides is 1. The van der Waals surface area contributed by atoms with Gasteiger partial charge in [-0.1, -0.05) is 13.8 Å². The molecule has 0 spiro atoms. The lowest BCUT2D eigenvalue weighted by molar-refractivity contribution is 0.0827. The second-order valence-electron chi connectivity index (χ2n) is 8.03. The summed E-state index contributed by atoms with van der Waals surface area (Å²) in [6, 6.07) is 11.3. The maximum absolute atomic E-state index is 12.0. The number of benzene rings is 1. The summed E-state index contributed by atoms with van der Waals surface area (Å²) in [7, 11) is 3.47. The highest BCUT2D eigenvalue weighted by Gasteiger charge is 2.31. The van der Waals surface area contributed by atoms with Crippen molar-refractivity contribution in [1.29, 1.82) is 0 Å². The van der Waals surface area contributed by atoms with Gasteiger partial charge in [-0.2, -0.15) is 0 Å². The van der Waals surface area contributed by atoms with Crippen molar-refractivity contribution in [3.63, 3.8) is 0 Å². The second-order valence-corrected chi connectivity index (χ2v) is 8.03. The first kappa shape index (κ1) is 18.9. The van der Waals surface area contributed by atoms with E-state index >= 15 is 0 Å². The molecule has 29 heavy (non-hydrogen) atoms. The van der Waals surface area contributed by atoms with Gasteiger partial charge < -0.3 is 15.5 Å². The minimum absolute atomic E-state index is 0.0312. The van der Waals surface area contributed by atoms with Gasteiger partial charge in [0.1, 0.15) is 5.82 Å². The Morgan fingerprint density at radius 1 is 1.14 bits per heavy atom. The Hall–Kier alpha value is -3.48. The highest BCUT2D eigenvalue weighted by Crippen LogP contribution is 2.36. The van der Waals surface area contributed by atoms with Crippen LogP contribution in [0.15, 0.2) is 48.8 Å². The minimum atomic E-state index is -0.0312. The largest absolute Gasteiger partial charge is 0.369 e. The van der Waals surface area contributed by atoms with Crippen LogP contribution >= 0.6 is 0 Å². The van der Waals surface area contributed by atoms with E-state index in [0.717, 1.165) is 29.3 Å². The molecule has 0 radical (unpaired) electrons. The van der Waals surface area contributed by atoms with Crippen LogP contribution in [0.4, 0.5) is 17.5 Å². The average molecular weight is 388 g/mol. The molecule has 3 heterocycles. The molecule has 1 aliphatic heterocycles. The molecule has 2 N–H and O–H groups in total. The normalized spacial score (nSPS) is 14.1. The monoisotopic (exact) mass is 388 g/mol. The van der Waals surface area contributed by atoms with Crippen LogP contribution in [0.5, 0.6) is 0 Å². The van der Waals surface area contributed by atoms with E-state index in [0.29, 0.717) is 11.5 Å². The van der Waals surface area contributed by atoms with Gasteiger partial charge >= 0.3 is 0 Å². The molecule has 0 bridgehead atoms. The fourth-order valence-electron chi connectivity index (χ4n) is 3.32. The Kier molecular flexibility index (Phi) is 4.66. The summed E-state index contributed by atoms with van der Waals surface area (Å²) < 4.78 is 0. The third-order valence-corrected chi connectivity index (χ3v) is 5.06. The standard InChI is InChI=1S/C22H24N6O/c1-22(2)13-25-19-17(22)11-15(12-24-19)18-9-10-23-21(27-18)26-16-7-5-14(6-8-16)20(29)28(3)4/h5-12H,13H2,1-4H3,(H,24,25)(H,23,26,27). The lowest BCUT2D eigenvalue weighted by Crippen LogP contribution is -2.21. The number of fused-ring (bicyclic) bond motifs is 1. The molecule has 148 valence electrons. The molecule has 0 saturated heterocycles. The summed E-state index contributed by atoms with van der Waals surface area (Å²) in [5.41, 5.74) is 4.45. The smallest absolute Gasteiger partial charge is 0.253 e. The number of carbonyl (C=O) groups is 1. The molecule has 1 amide bonds. The van der Waals surface area contributed by atoms with Gasteiger partial charge in [0.05, 0.1) is 5.69 Å². The summed E-state index contributed by atoms with van der Waals surface area (Å²) in [5.74, 6) is 1.40. The van der Waals surface area contributed by atoms with Gasteiger partial charge in [-0.3, -0.25) is 4.79 Å². The molecule has 7 heteroatoms. The highest BCUT2D eigenvalue weighted by atomic mass is 16.2. The maximum atomic E-state index is 12.0. The number of anilines is 3. The van der Waals surface area contributed by atoms with Crippen LogP contribution in [0.1, 0.15) is 29.8 Å². The Bertz CT molecular complexity index is 1060. The molecule has 1 aliphatic rings. The van der Waals surface area contributed by atoms with Crippen LogP contribution in [0.3, 0.4) is 0 Å². The molecule has 0 aliphatic carbocycles. The Morgan fingerprint density at radius 2 is 1.90 bits per heavy atom. The Morgan fingerprint density at radius 3 is 2.62 bits per heavy atom. The van der Waals surface area contributed by atoms with E-state index in [4.69, 9.17) is 0 Å². The van der Waals surface area contributed by atoms with E-state index in [-0.39, 0.29) is 11.3 Å². The van der Waals surface area contributed by atoms with Crippen LogP contribution < -0.4 is 10.6 Å². The third-order valence-electron chi connectivity index (χ3n) is 5.06. The quantitative estimate of drug-likeness (QED) is 0.709. The lowest BCUT2D eigenvalue weighted by atomic mass is 9.87. The van der Waals surface area contributed by atoms with Crippen molar-refractivity contribution in [3.8, 4) is 11.3 Å². The molecule has 1 aromatic carbocycles. The average Bonchev–Trinajstić information content (AvgIpc) is 3.02. The fourth-order valence-corrected chi connectivity index (χ4v) is 3.32. The molecule has 2 aromatic heterocycles.